The molecule has 0 radical (unpaired) electrons. The second-order valence-corrected chi connectivity index (χ2v) is 6.90. The normalized spacial score (nSPS) is 13.9. The molecule has 0 bridgehead atoms. The Balaban J connectivity index is 2.65. The first-order valence-corrected chi connectivity index (χ1v) is 7.21. The van der Waals surface area contributed by atoms with Gasteiger partial charge in [-0.3, -0.25) is 0 Å². The Morgan fingerprint density at radius 2 is 1.12 bits per heavy atom. The Morgan fingerprint density at radius 1 is 0.765 bits per heavy atom. The maximum absolute atomic E-state index is 12.8. The molecule has 0 heterocycles. The van der Waals surface area contributed by atoms with E-state index in [1.165, 1.54) is 31.4 Å². The third-order valence-electron chi connectivity index (χ3n) is 2.73. The molecule has 0 atom stereocenters. The van der Waals surface area contributed by atoms with Crippen molar-refractivity contribution < 1.29 is 14.3 Å². The molecule has 0 amide bonds. The summed E-state index contributed by atoms with van der Waals surface area (Å²) < 4.78 is 4.92. The Labute approximate surface area is 100 Å². The van der Waals surface area contributed by atoms with Gasteiger partial charge in [-0.15, -0.1) is 0 Å². The zero-order chi connectivity index (χ0) is 12.4. The second kappa shape index (κ2) is 4.21. The molecule has 0 spiro atoms. The molecular formula is C13H13O3P-2. The molecule has 0 unspecified atom stereocenters. The number of hydrogen-bond acceptors (Lipinski definition) is 3. The first-order chi connectivity index (χ1) is 8.07. The summed E-state index contributed by atoms with van der Waals surface area (Å²) in [6.07, 6.45) is 0. The van der Waals surface area contributed by atoms with Crippen LogP contribution in [0.1, 0.15) is 0 Å². The average Bonchev–Trinajstić information content (AvgIpc) is 2.41. The minimum absolute atomic E-state index is 0.173. The zero-order valence-electron chi connectivity index (χ0n) is 9.45. The molecule has 0 N–H and O–H groups in total. The number of hydrogen-bond donors (Lipinski definition) is 0. The molecular weight excluding hydrogens is 235 g/mol. The van der Waals surface area contributed by atoms with E-state index >= 15 is 0 Å². The van der Waals surface area contributed by atoms with Crippen molar-refractivity contribution in [2.75, 3.05) is 7.11 Å². The molecule has 17 heavy (non-hydrogen) atoms. The van der Waals surface area contributed by atoms with E-state index in [0.717, 1.165) is 0 Å². The van der Waals surface area contributed by atoms with Gasteiger partial charge >= 0.3 is 100.0 Å². The molecule has 2 aromatic rings. The minimum atomic E-state index is -4.96. The van der Waals surface area contributed by atoms with Gasteiger partial charge in [0.05, 0.1) is 0 Å². The monoisotopic (exact) mass is 248 g/mol. The standard InChI is InChI=1S/C13H13O3P/c1-16-17(14,15,12-8-4-2-5-9-12)13-10-6-3-7-11-13/h2-11H,1H3/q-2. The Bertz CT molecular complexity index is 453. The van der Waals surface area contributed by atoms with Crippen molar-refractivity contribution >= 4 is 17.9 Å². The van der Waals surface area contributed by atoms with Gasteiger partial charge in [-0.1, -0.05) is 0 Å². The third-order valence-corrected chi connectivity index (χ3v) is 5.78. The van der Waals surface area contributed by atoms with Crippen LogP contribution in [0, 0.1) is 0 Å². The van der Waals surface area contributed by atoms with Gasteiger partial charge in [-0.05, 0) is 0 Å². The summed E-state index contributed by atoms with van der Waals surface area (Å²) in [6, 6.07) is 16.4. The van der Waals surface area contributed by atoms with Crippen molar-refractivity contribution in [3.63, 3.8) is 0 Å². The number of rotatable bonds is 3. The molecule has 0 fully saturated rings. The van der Waals surface area contributed by atoms with Gasteiger partial charge in [0, 0.05) is 0 Å². The van der Waals surface area contributed by atoms with Crippen LogP contribution in [-0.4, -0.2) is 7.11 Å². The van der Waals surface area contributed by atoms with Gasteiger partial charge in [-0.25, -0.2) is 0 Å². The summed E-state index contributed by atoms with van der Waals surface area (Å²) >= 11 is 0. The van der Waals surface area contributed by atoms with E-state index in [9.17, 15) is 9.79 Å². The SMILES string of the molecule is COP([O-])([O-])(c1ccccc1)c1ccccc1. The van der Waals surface area contributed by atoms with Crippen molar-refractivity contribution in [1.29, 1.82) is 0 Å². The Hall–Kier alpha value is -1.25. The summed E-state index contributed by atoms with van der Waals surface area (Å²) in [5.74, 6) is 0. The summed E-state index contributed by atoms with van der Waals surface area (Å²) in [6.45, 7) is 0. The van der Waals surface area contributed by atoms with Gasteiger partial charge in [0.1, 0.15) is 0 Å². The van der Waals surface area contributed by atoms with Crippen LogP contribution >= 0.6 is 7.28 Å². The van der Waals surface area contributed by atoms with E-state index in [2.05, 4.69) is 0 Å². The third kappa shape index (κ3) is 1.99. The van der Waals surface area contributed by atoms with Crippen LogP contribution in [0.15, 0.2) is 60.7 Å². The molecule has 2 aromatic carbocycles. The molecule has 0 aliphatic rings. The summed E-state index contributed by atoms with van der Waals surface area (Å²) in [5.41, 5.74) is 0. The molecule has 0 aromatic heterocycles. The molecule has 0 aliphatic carbocycles. The number of benzene rings is 2. The Morgan fingerprint density at radius 3 is 1.41 bits per heavy atom. The van der Waals surface area contributed by atoms with Crippen LogP contribution in [0.3, 0.4) is 0 Å². The van der Waals surface area contributed by atoms with E-state index < -0.39 is 7.28 Å². The van der Waals surface area contributed by atoms with Gasteiger partial charge in [0.25, 0.3) is 0 Å². The van der Waals surface area contributed by atoms with Crippen molar-refractivity contribution in [2.24, 2.45) is 0 Å². The van der Waals surface area contributed by atoms with E-state index in [0.29, 0.717) is 0 Å². The molecule has 2 rings (SSSR count). The summed E-state index contributed by atoms with van der Waals surface area (Å²) in [7, 11) is -3.77. The quantitative estimate of drug-likeness (QED) is 0.734. The van der Waals surface area contributed by atoms with Crippen molar-refractivity contribution in [2.45, 2.75) is 0 Å². The topological polar surface area (TPSA) is 55.3 Å². The van der Waals surface area contributed by atoms with Gasteiger partial charge in [0.15, 0.2) is 0 Å². The maximum atomic E-state index is 12.8. The zero-order valence-corrected chi connectivity index (χ0v) is 10.3. The summed E-state index contributed by atoms with van der Waals surface area (Å²) in [5, 5.41) is 0.347. The van der Waals surface area contributed by atoms with Gasteiger partial charge in [-0.2, -0.15) is 0 Å². The van der Waals surface area contributed by atoms with E-state index in [1.54, 1.807) is 36.4 Å². The van der Waals surface area contributed by atoms with Gasteiger partial charge < -0.3 is 0 Å². The van der Waals surface area contributed by atoms with E-state index in [4.69, 9.17) is 4.52 Å². The molecule has 4 heteroatoms. The van der Waals surface area contributed by atoms with Crippen LogP contribution < -0.4 is 20.4 Å². The fourth-order valence-electron chi connectivity index (χ4n) is 1.73. The van der Waals surface area contributed by atoms with E-state index in [1.807, 2.05) is 0 Å². The van der Waals surface area contributed by atoms with Crippen LogP contribution in [0.5, 0.6) is 0 Å². The fourth-order valence-corrected chi connectivity index (χ4v) is 3.82. The van der Waals surface area contributed by atoms with Crippen LogP contribution in [0.25, 0.3) is 0 Å². The molecule has 0 aliphatic heterocycles. The molecule has 0 saturated heterocycles. The molecule has 3 nitrogen and oxygen atoms in total. The van der Waals surface area contributed by atoms with Crippen LogP contribution in [-0.2, 0) is 4.52 Å². The fraction of sp³-hybridized carbons (Fsp3) is 0.0769. The van der Waals surface area contributed by atoms with Crippen molar-refractivity contribution in [3.8, 4) is 0 Å². The van der Waals surface area contributed by atoms with Crippen molar-refractivity contribution in [1.82, 2.24) is 0 Å². The second-order valence-electron chi connectivity index (χ2n) is 3.74. The first kappa shape index (κ1) is 12.2. The van der Waals surface area contributed by atoms with Gasteiger partial charge in [0.2, 0.25) is 0 Å². The predicted octanol–water partition coefficient (Wildman–Crippen LogP) is 0.303. The summed E-state index contributed by atoms with van der Waals surface area (Å²) in [4.78, 5) is 25.6. The molecule has 0 saturated carbocycles. The average molecular weight is 248 g/mol. The molecule has 90 valence electrons. The Kier molecular flexibility index (Phi) is 3.02. The van der Waals surface area contributed by atoms with E-state index in [-0.39, 0.29) is 10.6 Å². The van der Waals surface area contributed by atoms with Crippen LogP contribution in [0.2, 0.25) is 0 Å². The van der Waals surface area contributed by atoms with Crippen molar-refractivity contribution in [3.05, 3.63) is 60.7 Å². The predicted molar refractivity (Wildman–Crippen MR) is 66.1 cm³/mol. The van der Waals surface area contributed by atoms with Crippen LogP contribution in [0.4, 0.5) is 0 Å². The first-order valence-electron chi connectivity index (χ1n) is 5.22.